The zero-order chi connectivity index (χ0) is 14.9. The summed E-state index contributed by atoms with van der Waals surface area (Å²) in [5.74, 6) is -2.11. The van der Waals surface area contributed by atoms with Gasteiger partial charge in [0.25, 0.3) is 5.91 Å². The molecule has 1 saturated heterocycles. The van der Waals surface area contributed by atoms with Gasteiger partial charge in [0.05, 0.1) is 16.4 Å². The molecule has 1 aliphatic rings. The van der Waals surface area contributed by atoms with Crippen LogP contribution in [0.4, 0.5) is 5.69 Å². The molecular formula is C12H13N3O5. The molecule has 1 atom stereocenters. The molecule has 2 amide bonds. The molecule has 0 saturated carbocycles. The summed E-state index contributed by atoms with van der Waals surface area (Å²) in [6.07, 6.45) is 0.455. The number of likely N-dealkylation sites (tertiary alicyclic amines) is 1. The van der Waals surface area contributed by atoms with Gasteiger partial charge in [0.2, 0.25) is 11.7 Å². The minimum absolute atomic E-state index is 0.149. The number of benzene rings is 1. The Labute approximate surface area is 113 Å². The van der Waals surface area contributed by atoms with Crippen molar-refractivity contribution >= 4 is 17.5 Å². The monoisotopic (exact) mass is 279 g/mol. The van der Waals surface area contributed by atoms with E-state index in [0.29, 0.717) is 13.0 Å². The van der Waals surface area contributed by atoms with Crippen LogP contribution in [0.25, 0.3) is 0 Å². The molecule has 1 unspecified atom stereocenters. The van der Waals surface area contributed by atoms with E-state index in [4.69, 9.17) is 5.73 Å². The van der Waals surface area contributed by atoms with E-state index in [1.807, 2.05) is 0 Å². The highest BCUT2D eigenvalue weighted by Gasteiger charge is 2.32. The van der Waals surface area contributed by atoms with Crippen LogP contribution >= 0.6 is 0 Å². The number of amides is 2. The van der Waals surface area contributed by atoms with Crippen LogP contribution in [0.15, 0.2) is 18.2 Å². The molecule has 2 rings (SSSR count). The average molecular weight is 279 g/mol. The number of primary amides is 1. The van der Waals surface area contributed by atoms with Crippen molar-refractivity contribution in [3.05, 3.63) is 33.9 Å². The number of hydrogen-bond acceptors (Lipinski definition) is 5. The average Bonchev–Trinajstić information content (AvgIpc) is 2.87. The number of phenolic OH excluding ortho intramolecular Hbond substituents is 1. The number of para-hydroxylation sites is 1. The summed E-state index contributed by atoms with van der Waals surface area (Å²) in [7, 11) is 0. The van der Waals surface area contributed by atoms with E-state index in [9.17, 15) is 24.8 Å². The Kier molecular flexibility index (Phi) is 3.55. The second-order valence-corrected chi connectivity index (χ2v) is 4.57. The predicted octanol–water partition coefficient (Wildman–Crippen LogP) is 0.248. The number of carbonyl (C=O) groups is 2. The van der Waals surface area contributed by atoms with Crippen molar-refractivity contribution < 1.29 is 19.6 Å². The first-order valence-electron chi connectivity index (χ1n) is 5.96. The fraction of sp³-hybridized carbons (Fsp3) is 0.333. The highest BCUT2D eigenvalue weighted by Crippen LogP contribution is 2.31. The second kappa shape index (κ2) is 5.16. The van der Waals surface area contributed by atoms with Crippen molar-refractivity contribution in [3.8, 4) is 5.75 Å². The quantitative estimate of drug-likeness (QED) is 0.605. The van der Waals surface area contributed by atoms with Crippen molar-refractivity contribution in [2.24, 2.45) is 11.7 Å². The van der Waals surface area contributed by atoms with Crippen molar-refractivity contribution in [2.45, 2.75) is 6.42 Å². The Morgan fingerprint density at radius 3 is 2.70 bits per heavy atom. The number of nitro benzene ring substituents is 1. The summed E-state index contributed by atoms with van der Waals surface area (Å²) in [4.78, 5) is 34.6. The standard InChI is InChI=1S/C12H13N3O5/c13-11(17)7-4-5-14(6-7)12(18)8-2-1-3-9(10(8)16)15(19)20/h1-3,7,16H,4-6H2,(H2,13,17). The minimum atomic E-state index is -0.762. The molecule has 3 N–H and O–H groups in total. The summed E-state index contributed by atoms with van der Waals surface area (Å²) in [5, 5.41) is 20.5. The van der Waals surface area contributed by atoms with Crippen LogP contribution in [0.5, 0.6) is 5.75 Å². The predicted molar refractivity (Wildman–Crippen MR) is 68.0 cm³/mol. The zero-order valence-corrected chi connectivity index (χ0v) is 10.5. The molecular weight excluding hydrogens is 266 g/mol. The van der Waals surface area contributed by atoms with Gasteiger partial charge in [0, 0.05) is 19.2 Å². The Balaban J connectivity index is 2.25. The number of phenols is 1. The highest BCUT2D eigenvalue weighted by atomic mass is 16.6. The maximum Gasteiger partial charge on any atom is 0.311 e. The molecule has 20 heavy (non-hydrogen) atoms. The smallest absolute Gasteiger partial charge is 0.311 e. The Morgan fingerprint density at radius 1 is 1.45 bits per heavy atom. The van der Waals surface area contributed by atoms with Gasteiger partial charge in [-0.3, -0.25) is 19.7 Å². The molecule has 1 aliphatic heterocycles. The van der Waals surface area contributed by atoms with Crippen LogP contribution in [-0.4, -0.2) is 39.8 Å². The van der Waals surface area contributed by atoms with Gasteiger partial charge < -0.3 is 15.7 Å². The number of nitrogens with two attached hydrogens (primary N) is 1. The first-order chi connectivity index (χ1) is 9.41. The lowest BCUT2D eigenvalue weighted by molar-refractivity contribution is -0.385. The summed E-state index contributed by atoms with van der Waals surface area (Å²) >= 11 is 0. The molecule has 1 aromatic rings. The molecule has 0 aliphatic carbocycles. The van der Waals surface area contributed by atoms with E-state index in [1.54, 1.807) is 0 Å². The fourth-order valence-corrected chi connectivity index (χ4v) is 2.20. The molecule has 8 nitrogen and oxygen atoms in total. The number of nitro groups is 1. The van der Waals surface area contributed by atoms with E-state index in [0.717, 1.165) is 6.07 Å². The second-order valence-electron chi connectivity index (χ2n) is 4.57. The fourth-order valence-electron chi connectivity index (χ4n) is 2.20. The molecule has 1 heterocycles. The van der Waals surface area contributed by atoms with Gasteiger partial charge in [-0.1, -0.05) is 6.07 Å². The van der Waals surface area contributed by atoms with Crippen LogP contribution < -0.4 is 5.73 Å². The minimum Gasteiger partial charge on any atom is -0.502 e. The first kappa shape index (κ1) is 13.8. The molecule has 1 aromatic carbocycles. The third-order valence-corrected chi connectivity index (χ3v) is 3.32. The SMILES string of the molecule is NC(=O)C1CCN(C(=O)c2cccc([N+](=O)[O-])c2O)C1. The summed E-state index contributed by atoms with van der Waals surface area (Å²) in [6.45, 7) is 0.491. The van der Waals surface area contributed by atoms with Gasteiger partial charge in [0.15, 0.2) is 0 Å². The van der Waals surface area contributed by atoms with Crippen molar-refractivity contribution in [2.75, 3.05) is 13.1 Å². The van der Waals surface area contributed by atoms with Crippen LogP contribution in [0.3, 0.4) is 0 Å². The Bertz CT molecular complexity index is 586. The normalized spacial score (nSPS) is 18.0. The van der Waals surface area contributed by atoms with Crippen LogP contribution in [-0.2, 0) is 4.79 Å². The topological polar surface area (TPSA) is 127 Å². The van der Waals surface area contributed by atoms with Crippen molar-refractivity contribution in [1.82, 2.24) is 4.90 Å². The Hall–Kier alpha value is -2.64. The van der Waals surface area contributed by atoms with E-state index in [2.05, 4.69) is 0 Å². The van der Waals surface area contributed by atoms with Gasteiger partial charge in [-0.15, -0.1) is 0 Å². The third kappa shape index (κ3) is 2.40. The summed E-state index contributed by atoms with van der Waals surface area (Å²) < 4.78 is 0. The molecule has 0 spiro atoms. The van der Waals surface area contributed by atoms with Gasteiger partial charge in [0.1, 0.15) is 0 Å². The highest BCUT2D eigenvalue weighted by molar-refractivity contribution is 5.98. The van der Waals surface area contributed by atoms with Crippen molar-refractivity contribution in [3.63, 3.8) is 0 Å². The third-order valence-electron chi connectivity index (χ3n) is 3.32. The van der Waals surface area contributed by atoms with Gasteiger partial charge >= 0.3 is 5.69 Å². The Morgan fingerprint density at radius 2 is 2.15 bits per heavy atom. The molecule has 106 valence electrons. The van der Waals surface area contributed by atoms with E-state index >= 15 is 0 Å². The molecule has 0 bridgehead atoms. The van der Waals surface area contributed by atoms with E-state index in [-0.39, 0.29) is 12.1 Å². The summed E-state index contributed by atoms with van der Waals surface area (Å²) in [5.41, 5.74) is 4.50. The van der Waals surface area contributed by atoms with Gasteiger partial charge in [-0.25, -0.2) is 0 Å². The largest absolute Gasteiger partial charge is 0.502 e. The number of hydrogen-bond donors (Lipinski definition) is 2. The number of aromatic hydroxyl groups is 1. The zero-order valence-electron chi connectivity index (χ0n) is 10.5. The summed E-state index contributed by atoms with van der Waals surface area (Å²) in [6, 6.07) is 3.75. The molecule has 1 fully saturated rings. The number of nitrogens with zero attached hydrogens (tertiary/aromatic N) is 2. The van der Waals surface area contributed by atoms with Crippen LogP contribution in [0.2, 0.25) is 0 Å². The van der Waals surface area contributed by atoms with E-state index in [1.165, 1.54) is 17.0 Å². The lowest BCUT2D eigenvalue weighted by atomic mass is 10.1. The maximum absolute atomic E-state index is 12.2. The van der Waals surface area contributed by atoms with Crippen molar-refractivity contribution in [1.29, 1.82) is 0 Å². The van der Waals surface area contributed by atoms with Gasteiger partial charge in [-0.2, -0.15) is 0 Å². The number of rotatable bonds is 3. The van der Waals surface area contributed by atoms with Gasteiger partial charge in [-0.05, 0) is 12.5 Å². The lowest BCUT2D eigenvalue weighted by Crippen LogP contribution is -2.31. The van der Waals surface area contributed by atoms with E-state index < -0.39 is 34.1 Å². The van der Waals surface area contributed by atoms with Crippen LogP contribution in [0.1, 0.15) is 16.8 Å². The molecule has 0 radical (unpaired) electrons. The molecule has 0 aromatic heterocycles. The first-order valence-corrected chi connectivity index (χ1v) is 5.96. The maximum atomic E-state index is 12.2. The number of carbonyl (C=O) groups excluding carboxylic acids is 2. The van der Waals surface area contributed by atoms with Crippen LogP contribution in [0, 0.1) is 16.0 Å². The molecule has 8 heteroatoms. The lowest BCUT2D eigenvalue weighted by Gasteiger charge is -2.16.